The lowest BCUT2D eigenvalue weighted by atomic mass is 10.0. The van der Waals surface area contributed by atoms with Gasteiger partial charge in [-0.3, -0.25) is 20.2 Å². The van der Waals surface area contributed by atoms with Gasteiger partial charge in [0, 0.05) is 34.8 Å². The molecule has 1 atom stereocenters. The molecule has 2 heterocycles. The van der Waals surface area contributed by atoms with Gasteiger partial charge in [0.1, 0.15) is 5.75 Å². The monoisotopic (exact) mass is 529 g/mol. The fraction of sp³-hybridized carbons (Fsp3) is 0.308. The lowest BCUT2D eigenvalue weighted by molar-refractivity contribution is -0.132. The average molecular weight is 530 g/mol. The van der Waals surface area contributed by atoms with Crippen LogP contribution in [0.2, 0.25) is 0 Å². The topological polar surface area (TPSA) is 89.0 Å². The molecule has 1 saturated carbocycles. The molecule has 0 spiro atoms. The largest absolute Gasteiger partial charge is 0.508 e. The van der Waals surface area contributed by atoms with Crippen molar-refractivity contribution in [2.24, 2.45) is 4.99 Å². The highest BCUT2D eigenvalue weighted by Gasteiger charge is 2.35. The zero-order valence-electron chi connectivity index (χ0n) is 20.0. The van der Waals surface area contributed by atoms with Crippen molar-refractivity contribution in [1.29, 1.82) is 0 Å². The maximum atomic E-state index is 12.8. The Morgan fingerprint density at radius 1 is 1.24 bits per heavy atom. The van der Waals surface area contributed by atoms with Gasteiger partial charge in [-0.25, -0.2) is 0 Å². The van der Waals surface area contributed by atoms with E-state index < -0.39 is 18.8 Å². The molecule has 1 amide bonds. The van der Waals surface area contributed by atoms with Crippen LogP contribution in [0.15, 0.2) is 69.7 Å². The summed E-state index contributed by atoms with van der Waals surface area (Å²) in [5.74, 6) is 0.0222. The highest BCUT2D eigenvalue weighted by Crippen LogP contribution is 2.34. The van der Waals surface area contributed by atoms with Gasteiger partial charge < -0.3 is 15.7 Å². The second kappa shape index (κ2) is 10.0. The number of alkyl halides is 3. The van der Waals surface area contributed by atoms with Crippen LogP contribution < -0.4 is 16.1 Å². The van der Waals surface area contributed by atoms with E-state index >= 15 is 0 Å². The van der Waals surface area contributed by atoms with Gasteiger partial charge in [-0.1, -0.05) is 23.9 Å². The van der Waals surface area contributed by atoms with Crippen LogP contribution in [0, 0.1) is 6.92 Å². The van der Waals surface area contributed by atoms with Crippen molar-refractivity contribution < 1.29 is 23.1 Å². The number of halogens is 3. The number of amides is 1. The zero-order chi connectivity index (χ0) is 26.2. The molecule has 2 aromatic rings. The quantitative estimate of drug-likeness (QED) is 0.417. The molecule has 3 aliphatic rings. The van der Waals surface area contributed by atoms with Crippen molar-refractivity contribution in [2.45, 2.75) is 49.5 Å². The second-order valence-electron chi connectivity index (χ2n) is 9.14. The molecule has 194 valence electrons. The minimum atomic E-state index is -4.29. The van der Waals surface area contributed by atoms with E-state index in [1.807, 2.05) is 30.1 Å². The van der Waals surface area contributed by atoms with Crippen molar-refractivity contribution >= 4 is 29.1 Å². The average Bonchev–Trinajstić information content (AvgIpc) is 3.53. The van der Waals surface area contributed by atoms with Crippen LogP contribution in [0.3, 0.4) is 0 Å². The number of aromatic hydroxyl groups is 1. The number of hydrogen-bond donors (Lipinski definition) is 4. The van der Waals surface area contributed by atoms with Gasteiger partial charge in [0.15, 0.2) is 6.17 Å². The summed E-state index contributed by atoms with van der Waals surface area (Å²) in [4.78, 5) is 17.6. The van der Waals surface area contributed by atoms with Crippen molar-refractivity contribution in [3.8, 4) is 5.75 Å². The molecule has 0 bridgehead atoms. The zero-order valence-corrected chi connectivity index (χ0v) is 20.8. The SMILES string of the molecule is Cc1cc(C2=CNC3C(=NCCC(F)(F)F)C=C(Sc4cccc(O)c4)NN23)ccc1C(=O)NC1CC1. The molecule has 2 aliphatic heterocycles. The Bertz CT molecular complexity index is 1300. The van der Waals surface area contributed by atoms with Gasteiger partial charge in [-0.2, -0.15) is 13.2 Å². The number of hydrogen-bond acceptors (Lipinski definition) is 7. The van der Waals surface area contributed by atoms with Crippen LogP contribution in [0.25, 0.3) is 5.70 Å². The summed E-state index contributed by atoms with van der Waals surface area (Å²) in [5, 5.41) is 18.5. The normalized spacial score (nSPS) is 20.1. The van der Waals surface area contributed by atoms with E-state index in [-0.39, 0.29) is 24.2 Å². The number of aryl methyl sites for hydroxylation is 1. The molecule has 0 saturated heterocycles. The molecule has 1 aliphatic carbocycles. The predicted octanol–water partition coefficient (Wildman–Crippen LogP) is 4.67. The fourth-order valence-electron chi connectivity index (χ4n) is 4.11. The van der Waals surface area contributed by atoms with Crippen molar-refractivity contribution in [2.75, 3.05) is 6.54 Å². The maximum absolute atomic E-state index is 12.8. The molecular weight excluding hydrogens is 503 g/mol. The number of aliphatic imine (C=N–C) groups is 1. The summed E-state index contributed by atoms with van der Waals surface area (Å²) in [6.07, 6.45) is -0.298. The van der Waals surface area contributed by atoms with Crippen LogP contribution in [-0.2, 0) is 0 Å². The Morgan fingerprint density at radius 3 is 2.76 bits per heavy atom. The standard InChI is InChI=1S/C26H26F3N5O2S/c1-15-11-16(5-8-20(15)25(36)32-17-6-7-17)22-14-31-24-21(30-10-9-26(27,28)29)13-23(33-34(22)24)37-19-4-2-3-18(35)12-19/h2-5,8,11-14,17,24,31,33,35H,6-7,9-10H2,1H3,(H,32,36). The lowest BCUT2D eigenvalue weighted by Crippen LogP contribution is -2.52. The maximum Gasteiger partial charge on any atom is 0.390 e. The van der Waals surface area contributed by atoms with Crippen LogP contribution in [-0.4, -0.2) is 46.7 Å². The van der Waals surface area contributed by atoms with Crippen LogP contribution in [0.4, 0.5) is 13.2 Å². The first-order valence-corrected chi connectivity index (χ1v) is 12.7. The minimum absolute atomic E-state index is 0.0918. The molecule has 0 radical (unpaired) electrons. The molecule has 4 N–H and O–H groups in total. The number of carbonyl (C=O) groups is 1. The number of carbonyl (C=O) groups excluding carboxylic acids is 1. The van der Waals surface area contributed by atoms with Gasteiger partial charge in [-0.15, -0.1) is 0 Å². The number of hydrazine groups is 1. The molecule has 5 rings (SSSR count). The van der Waals surface area contributed by atoms with Gasteiger partial charge in [0.05, 0.1) is 22.9 Å². The first-order valence-electron chi connectivity index (χ1n) is 11.9. The molecule has 1 fully saturated rings. The number of nitrogens with one attached hydrogen (secondary N) is 3. The number of phenolic OH excluding ortho intramolecular Hbond substituents is 1. The third-order valence-corrected chi connectivity index (χ3v) is 7.02. The summed E-state index contributed by atoms with van der Waals surface area (Å²) < 4.78 is 38.3. The Kier molecular flexibility index (Phi) is 6.80. The predicted molar refractivity (Wildman–Crippen MR) is 137 cm³/mol. The van der Waals surface area contributed by atoms with E-state index in [2.05, 4.69) is 21.1 Å². The van der Waals surface area contributed by atoms with Gasteiger partial charge in [-0.05, 0) is 61.7 Å². The van der Waals surface area contributed by atoms with Crippen LogP contribution in [0.5, 0.6) is 5.75 Å². The molecule has 2 aromatic carbocycles. The minimum Gasteiger partial charge on any atom is -0.508 e. The number of nitrogens with zero attached hydrogens (tertiary/aromatic N) is 2. The Hall–Kier alpha value is -3.60. The number of benzene rings is 2. The van der Waals surface area contributed by atoms with Crippen molar-refractivity contribution in [1.82, 2.24) is 21.1 Å². The first-order chi connectivity index (χ1) is 17.7. The molecule has 1 unspecified atom stereocenters. The van der Waals surface area contributed by atoms with E-state index in [1.54, 1.807) is 36.5 Å². The van der Waals surface area contributed by atoms with Crippen molar-refractivity contribution in [3.05, 3.63) is 76.5 Å². The van der Waals surface area contributed by atoms with E-state index in [0.29, 0.717) is 16.3 Å². The van der Waals surface area contributed by atoms with Crippen LogP contribution >= 0.6 is 11.8 Å². The fourth-order valence-corrected chi connectivity index (χ4v) is 5.01. The third kappa shape index (κ3) is 6.04. The van der Waals surface area contributed by atoms with Gasteiger partial charge in [0.2, 0.25) is 0 Å². The van der Waals surface area contributed by atoms with E-state index in [0.717, 1.165) is 34.6 Å². The number of rotatable bonds is 7. The summed E-state index contributed by atoms with van der Waals surface area (Å²) in [6, 6.07) is 12.5. The summed E-state index contributed by atoms with van der Waals surface area (Å²) in [7, 11) is 0. The van der Waals surface area contributed by atoms with Crippen LogP contribution in [0.1, 0.15) is 40.7 Å². The Balaban J connectivity index is 1.40. The van der Waals surface area contributed by atoms with E-state index in [1.165, 1.54) is 11.8 Å². The van der Waals surface area contributed by atoms with Gasteiger partial charge >= 0.3 is 6.18 Å². The number of thioether (sulfide) groups is 1. The van der Waals surface area contributed by atoms with Gasteiger partial charge in [0.25, 0.3) is 5.91 Å². The molecule has 11 heteroatoms. The number of phenols is 1. The van der Waals surface area contributed by atoms with E-state index in [4.69, 9.17) is 0 Å². The third-order valence-electron chi connectivity index (χ3n) is 6.10. The van der Waals surface area contributed by atoms with E-state index in [9.17, 15) is 23.1 Å². The summed E-state index contributed by atoms with van der Waals surface area (Å²) in [6.45, 7) is 1.49. The highest BCUT2D eigenvalue weighted by molar-refractivity contribution is 8.03. The Morgan fingerprint density at radius 2 is 2.05 bits per heavy atom. The van der Waals surface area contributed by atoms with Crippen molar-refractivity contribution in [3.63, 3.8) is 0 Å². The summed E-state index contributed by atoms with van der Waals surface area (Å²) >= 11 is 1.33. The molecular formula is C26H26F3N5O2S. The number of fused-ring (bicyclic) bond motifs is 1. The molecule has 7 nitrogen and oxygen atoms in total. The highest BCUT2D eigenvalue weighted by atomic mass is 32.2. The first kappa shape index (κ1) is 25.1. The second-order valence-corrected chi connectivity index (χ2v) is 10.3. The summed E-state index contributed by atoms with van der Waals surface area (Å²) in [5.41, 5.74) is 6.80. The Labute approximate surface area is 216 Å². The smallest absolute Gasteiger partial charge is 0.390 e. The molecule has 37 heavy (non-hydrogen) atoms. The lowest BCUT2D eigenvalue weighted by Gasteiger charge is -2.35. The molecule has 0 aromatic heterocycles.